The molecule has 1 aliphatic heterocycles. The molecular weight excluding hydrogens is 516 g/mol. The topological polar surface area (TPSA) is 105 Å². The second-order valence-corrected chi connectivity index (χ2v) is 10.5. The van der Waals surface area contributed by atoms with Crippen molar-refractivity contribution in [3.05, 3.63) is 84.4 Å². The molecule has 6 rings (SSSR count). The quantitative estimate of drug-likeness (QED) is 0.263. The molecular formula is C32H32N6O3. The SMILES string of the molecule is CC(C)[C@H](Nc1ccc(-c2cnc(N3CCOCC3)c3nc(/C=C/c4ccc5ccccc5n4)cn23)cc1)C(=O)O. The van der Waals surface area contributed by atoms with Crippen LogP contribution in [0.3, 0.4) is 0 Å². The predicted octanol–water partition coefficient (Wildman–Crippen LogP) is 5.47. The predicted molar refractivity (Wildman–Crippen MR) is 162 cm³/mol. The van der Waals surface area contributed by atoms with Gasteiger partial charge in [0, 0.05) is 35.9 Å². The number of aliphatic carboxylic acids is 1. The lowest BCUT2D eigenvalue weighted by Crippen LogP contribution is -2.37. The van der Waals surface area contributed by atoms with E-state index in [0.29, 0.717) is 13.2 Å². The number of para-hydroxylation sites is 1. The Hall–Kier alpha value is -4.76. The van der Waals surface area contributed by atoms with Gasteiger partial charge in [0.15, 0.2) is 11.5 Å². The Morgan fingerprint density at radius 1 is 0.976 bits per heavy atom. The summed E-state index contributed by atoms with van der Waals surface area (Å²) in [4.78, 5) is 28.4. The highest BCUT2D eigenvalue weighted by atomic mass is 16.5. The van der Waals surface area contributed by atoms with Gasteiger partial charge in [0.1, 0.15) is 6.04 Å². The zero-order valence-electron chi connectivity index (χ0n) is 23.1. The normalized spacial score (nSPS) is 14.8. The van der Waals surface area contributed by atoms with Crippen LogP contribution in [0, 0.1) is 5.92 Å². The van der Waals surface area contributed by atoms with Gasteiger partial charge in [-0.05, 0) is 42.3 Å². The maximum Gasteiger partial charge on any atom is 0.326 e. The lowest BCUT2D eigenvalue weighted by molar-refractivity contribution is -0.138. The fourth-order valence-corrected chi connectivity index (χ4v) is 5.05. The molecule has 0 saturated carbocycles. The largest absolute Gasteiger partial charge is 0.480 e. The number of morpholine rings is 1. The highest BCUT2D eigenvalue weighted by Gasteiger charge is 2.22. The van der Waals surface area contributed by atoms with Gasteiger partial charge >= 0.3 is 5.97 Å². The molecule has 0 spiro atoms. The summed E-state index contributed by atoms with van der Waals surface area (Å²) in [5.41, 5.74) is 5.96. The number of nitrogens with zero attached hydrogens (tertiary/aromatic N) is 5. The molecule has 1 fully saturated rings. The summed E-state index contributed by atoms with van der Waals surface area (Å²) in [6, 6.07) is 19.2. The Labute approximate surface area is 238 Å². The average molecular weight is 549 g/mol. The number of carboxylic acids is 1. The van der Waals surface area contributed by atoms with Crippen molar-refractivity contribution in [3.63, 3.8) is 0 Å². The minimum Gasteiger partial charge on any atom is -0.480 e. The third-order valence-electron chi connectivity index (χ3n) is 7.28. The van der Waals surface area contributed by atoms with E-state index < -0.39 is 12.0 Å². The molecule has 1 atom stereocenters. The van der Waals surface area contributed by atoms with Crippen LogP contribution >= 0.6 is 0 Å². The highest BCUT2D eigenvalue weighted by Crippen LogP contribution is 2.28. The van der Waals surface area contributed by atoms with Gasteiger partial charge in [-0.2, -0.15) is 0 Å². The Bertz CT molecular complexity index is 1720. The van der Waals surface area contributed by atoms with Crippen molar-refractivity contribution < 1.29 is 14.6 Å². The summed E-state index contributed by atoms with van der Waals surface area (Å²) in [6.45, 7) is 6.58. The van der Waals surface area contributed by atoms with Crippen LogP contribution in [0.1, 0.15) is 25.2 Å². The molecule has 41 heavy (non-hydrogen) atoms. The number of hydrogen-bond acceptors (Lipinski definition) is 7. The van der Waals surface area contributed by atoms with E-state index in [-0.39, 0.29) is 5.92 Å². The third kappa shape index (κ3) is 5.62. The van der Waals surface area contributed by atoms with Crippen LogP contribution in [-0.4, -0.2) is 62.8 Å². The summed E-state index contributed by atoms with van der Waals surface area (Å²) < 4.78 is 7.63. The number of pyridine rings is 1. The minimum absolute atomic E-state index is 0.0500. The third-order valence-corrected chi connectivity index (χ3v) is 7.28. The number of hydrogen-bond donors (Lipinski definition) is 2. The van der Waals surface area contributed by atoms with Crippen LogP contribution in [0.4, 0.5) is 11.5 Å². The minimum atomic E-state index is -0.869. The molecule has 0 amide bonds. The van der Waals surface area contributed by atoms with Crippen LogP contribution < -0.4 is 10.2 Å². The fraction of sp³-hybridized carbons (Fsp3) is 0.250. The second kappa shape index (κ2) is 11.4. The molecule has 0 unspecified atom stereocenters. The number of fused-ring (bicyclic) bond motifs is 2. The van der Waals surface area contributed by atoms with Crippen molar-refractivity contribution in [1.29, 1.82) is 0 Å². The summed E-state index contributed by atoms with van der Waals surface area (Å²) >= 11 is 0. The fourth-order valence-electron chi connectivity index (χ4n) is 5.05. The van der Waals surface area contributed by atoms with E-state index in [0.717, 1.165) is 63.8 Å². The highest BCUT2D eigenvalue weighted by molar-refractivity contribution is 5.81. The van der Waals surface area contributed by atoms with Crippen LogP contribution in [0.5, 0.6) is 0 Å². The molecule has 5 aromatic rings. The number of anilines is 2. The average Bonchev–Trinajstić information content (AvgIpc) is 3.43. The van der Waals surface area contributed by atoms with Gasteiger partial charge in [0.2, 0.25) is 0 Å². The number of carboxylic acid groups (broad SMARTS) is 1. The summed E-state index contributed by atoms with van der Waals surface area (Å²) in [5.74, 6) is -0.0995. The maximum absolute atomic E-state index is 11.6. The van der Waals surface area contributed by atoms with E-state index in [4.69, 9.17) is 19.7 Å². The van der Waals surface area contributed by atoms with Crippen molar-refractivity contribution in [1.82, 2.24) is 19.4 Å². The van der Waals surface area contributed by atoms with E-state index in [9.17, 15) is 9.90 Å². The number of ether oxygens (including phenoxy) is 1. The number of nitrogens with one attached hydrogen (secondary N) is 1. The van der Waals surface area contributed by atoms with Crippen LogP contribution in [-0.2, 0) is 9.53 Å². The van der Waals surface area contributed by atoms with Gasteiger partial charge < -0.3 is 20.1 Å². The number of carbonyl (C=O) groups is 1. The summed E-state index contributed by atoms with van der Waals surface area (Å²) in [5, 5.41) is 13.8. The summed E-state index contributed by atoms with van der Waals surface area (Å²) in [6.07, 6.45) is 7.83. The Morgan fingerprint density at radius 3 is 2.49 bits per heavy atom. The number of aromatic nitrogens is 4. The van der Waals surface area contributed by atoms with Gasteiger partial charge in [0.25, 0.3) is 0 Å². The summed E-state index contributed by atoms with van der Waals surface area (Å²) in [7, 11) is 0. The van der Waals surface area contributed by atoms with Gasteiger partial charge in [-0.1, -0.05) is 50.2 Å². The van der Waals surface area contributed by atoms with E-state index in [1.54, 1.807) is 0 Å². The first-order valence-electron chi connectivity index (χ1n) is 13.8. The number of imidazole rings is 1. The van der Waals surface area contributed by atoms with Gasteiger partial charge in [-0.3, -0.25) is 4.40 Å². The molecule has 0 radical (unpaired) electrons. The maximum atomic E-state index is 11.6. The van der Waals surface area contributed by atoms with E-state index >= 15 is 0 Å². The smallest absolute Gasteiger partial charge is 0.326 e. The van der Waals surface area contributed by atoms with Crippen LogP contribution in [0.15, 0.2) is 73.1 Å². The van der Waals surface area contributed by atoms with Crippen LogP contribution in [0.2, 0.25) is 0 Å². The molecule has 1 saturated heterocycles. The molecule has 9 nitrogen and oxygen atoms in total. The Morgan fingerprint density at radius 2 is 1.73 bits per heavy atom. The van der Waals surface area contributed by atoms with Crippen LogP contribution in [0.25, 0.3) is 40.0 Å². The van der Waals surface area contributed by atoms with E-state index in [1.807, 2.05) is 86.9 Å². The molecule has 208 valence electrons. The van der Waals surface area contributed by atoms with Crippen molar-refractivity contribution in [2.24, 2.45) is 5.92 Å². The zero-order chi connectivity index (χ0) is 28.3. The number of benzene rings is 2. The van der Waals surface area contributed by atoms with Crippen molar-refractivity contribution in [2.45, 2.75) is 19.9 Å². The zero-order valence-corrected chi connectivity index (χ0v) is 23.1. The molecule has 9 heteroatoms. The van der Waals surface area contributed by atoms with Gasteiger partial charge in [-0.25, -0.2) is 19.7 Å². The molecule has 2 N–H and O–H groups in total. The van der Waals surface area contributed by atoms with Crippen molar-refractivity contribution in [2.75, 3.05) is 36.5 Å². The number of rotatable bonds is 8. The molecule has 2 aromatic carbocycles. The van der Waals surface area contributed by atoms with Gasteiger partial charge in [0.05, 0.1) is 42.0 Å². The van der Waals surface area contributed by atoms with Gasteiger partial charge in [-0.15, -0.1) is 0 Å². The Kier molecular flexibility index (Phi) is 7.35. The monoisotopic (exact) mass is 548 g/mol. The molecule has 0 aliphatic carbocycles. The first kappa shape index (κ1) is 26.5. The standard InChI is InChI=1S/C32H32N6O3/c1-21(2)29(32(39)40)35-25-11-8-23(9-12-25)28-19-33-30(37-15-17-41-18-16-37)31-36-26(20-38(28)31)14-13-24-10-7-22-5-3-4-6-27(22)34-24/h3-14,19-21,29,35H,15-18H2,1-2H3,(H,39,40)/b14-13+/t29-/m0/s1. The second-order valence-electron chi connectivity index (χ2n) is 10.5. The molecule has 1 aliphatic rings. The first-order valence-corrected chi connectivity index (χ1v) is 13.8. The first-order chi connectivity index (χ1) is 20.0. The molecule has 4 heterocycles. The van der Waals surface area contributed by atoms with E-state index in [1.165, 1.54) is 0 Å². The lowest BCUT2D eigenvalue weighted by atomic mass is 10.0. The van der Waals surface area contributed by atoms with E-state index in [2.05, 4.69) is 26.8 Å². The molecule has 3 aromatic heterocycles. The Balaban J connectivity index is 1.36. The van der Waals surface area contributed by atoms with Crippen molar-refractivity contribution in [3.8, 4) is 11.3 Å². The lowest BCUT2D eigenvalue weighted by Gasteiger charge is -2.28. The molecule has 0 bridgehead atoms. The van der Waals surface area contributed by atoms with Crippen molar-refractivity contribution >= 4 is 46.2 Å².